The quantitative estimate of drug-likeness (QED) is 0.163. The summed E-state index contributed by atoms with van der Waals surface area (Å²) in [6, 6.07) is 15.2. The Labute approximate surface area is 219 Å². The van der Waals surface area contributed by atoms with Gasteiger partial charge in [0.15, 0.2) is 0 Å². The number of para-hydroxylation sites is 1. The van der Waals surface area contributed by atoms with E-state index in [1.54, 1.807) is 0 Å². The van der Waals surface area contributed by atoms with E-state index in [1.165, 1.54) is 41.0 Å². The average molecular weight is 571 g/mol. The van der Waals surface area contributed by atoms with Crippen LogP contribution in [0, 0.1) is 27.4 Å². The fourth-order valence-electron chi connectivity index (χ4n) is 3.18. The van der Waals surface area contributed by atoms with Crippen molar-refractivity contribution in [2.45, 2.75) is 53.9 Å². The van der Waals surface area contributed by atoms with Crippen molar-refractivity contribution in [3.05, 3.63) is 71.3 Å². The predicted octanol–water partition coefficient (Wildman–Crippen LogP) is 8.67. The minimum absolute atomic E-state index is 0.574. The molecule has 0 amide bonds. The number of hydrogen-bond acceptors (Lipinski definition) is 2. The second kappa shape index (κ2) is 18.0. The van der Waals surface area contributed by atoms with E-state index in [4.69, 9.17) is 39.9 Å². The monoisotopic (exact) mass is 569 g/mol. The summed E-state index contributed by atoms with van der Waals surface area (Å²) >= 11 is -1.62. The van der Waals surface area contributed by atoms with Crippen molar-refractivity contribution in [3.8, 4) is 0 Å². The van der Waals surface area contributed by atoms with Crippen molar-refractivity contribution in [2.24, 2.45) is 4.99 Å². The van der Waals surface area contributed by atoms with E-state index in [0.29, 0.717) is 0 Å². The van der Waals surface area contributed by atoms with Crippen LogP contribution in [0.25, 0.3) is 0 Å². The van der Waals surface area contributed by atoms with Gasteiger partial charge in [0, 0.05) is 13.0 Å². The summed E-state index contributed by atoms with van der Waals surface area (Å²) in [4.78, 5) is 5.04. The van der Waals surface area contributed by atoms with E-state index >= 15 is 0 Å². The third kappa shape index (κ3) is 14.0. The Morgan fingerprint density at radius 1 is 1.03 bits per heavy atom. The molecule has 0 spiro atoms. The fourth-order valence-corrected chi connectivity index (χ4v) is 4.58. The van der Waals surface area contributed by atoms with Crippen LogP contribution in [0.5, 0.6) is 0 Å². The van der Waals surface area contributed by atoms with Crippen LogP contribution in [0.1, 0.15) is 48.9 Å². The van der Waals surface area contributed by atoms with E-state index in [2.05, 4.69) is 82.2 Å². The topological polar surface area (TPSA) is 33.6 Å². The van der Waals surface area contributed by atoms with E-state index in [1.807, 2.05) is 6.61 Å². The van der Waals surface area contributed by atoms with Crippen LogP contribution in [0.3, 0.4) is 0 Å². The first-order valence-electron chi connectivity index (χ1n) is 11.2. The van der Waals surface area contributed by atoms with Crippen LogP contribution in [0.2, 0.25) is 0 Å². The van der Waals surface area contributed by atoms with Gasteiger partial charge in [0.1, 0.15) is 5.84 Å². The van der Waals surface area contributed by atoms with Gasteiger partial charge >= 0.3 is 41.5 Å². The molecular weight excluding hydrogens is 534 g/mol. The van der Waals surface area contributed by atoms with E-state index < -0.39 is 19.5 Å². The Balaban J connectivity index is 0.000000505. The van der Waals surface area contributed by atoms with E-state index in [0.717, 1.165) is 31.0 Å². The number of amidine groups is 1. The molecule has 0 atom stereocenters. The summed E-state index contributed by atoms with van der Waals surface area (Å²) in [5.74, 6) is 1.11. The molecule has 2 aromatic carbocycles. The Morgan fingerprint density at radius 3 is 2.03 bits per heavy atom. The number of aliphatic imine (C=N–C) groups is 1. The second-order valence-electron chi connectivity index (χ2n) is 7.75. The fraction of sp³-hybridized carbons (Fsp3) is 0.440. The van der Waals surface area contributed by atoms with Crippen LogP contribution in [0.15, 0.2) is 47.5 Å². The molecule has 1 fully saturated rings. The molecular formula is C25H37Cl3CrN2OP+. The van der Waals surface area contributed by atoms with Gasteiger partial charge in [-0.05, 0) is 51.3 Å². The number of benzene rings is 2. The van der Waals surface area contributed by atoms with Gasteiger partial charge in [0.25, 0.3) is 0 Å². The van der Waals surface area contributed by atoms with Crippen molar-refractivity contribution >= 4 is 49.7 Å². The Kier molecular flexibility index (Phi) is 16.8. The molecule has 3 rings (SSSR count). The molecule has 3 nitrogen and oxygen atoms in total. The first kappa shape index (κ1) is 30.7. The number of halogens is 3. The molecule has 0 aliphatic carbocycles. The summed E-state index contributed by atoms with van der Waals surface area (Å²) in [6.45, 7) is 13.8. The molecule has 8 heteroatoms. The summed E-state index contributed by atoms with van der Waals surface area (Å²) in [6.07, 6.45) is 5.66. The van der Waals surface area contributed by atoms with Crippen molar-refractivity contribution in [2.75, 3.05) is 18.9 Å². The number of rotatable bonds is 6. The zero-order valence-corrected chi connectivity index (χ0v) is 24.8. The summed E-state index contributed by atoms with van der Waals surface area (Å²) in [5, 5.41) is 3.77. The van der Waals surface area contributed by atoms with Crippen LogP contribution >= 0.6 is 38.2 Å². The third-order valence-electron chi connectivity index (χ3n) is 5.06. The molecule has 0 radical (unpaired) electrons. The predicted molar refractivity (Wildman–Crippen MR) is 147 cm³/mol. The van der Waals surface area contributed by atoms with Gasteiger partial charge < -0.3 is 4.74 Å². The Bertz CT molecular complexity index is 796. The van der Waals surface area contributed by atoms with Gasteiger partial charge in [-0.1, -0.05) is 54.4 Å². The number of aryl methyl sites for hydroxylation is 3. The van der Waals surface area contributed by atoms with Gasteiger partial charge in [-0.25, -0.2) is 16.7 Å². The van der Waals surface area contributed by atoms with Gasteiger partial charge in [-0.15, -0.1) is 0 Å². The maximum atomic E-state index is 5.04. The van der Waals surface area contributed by atoms with Crippen molar-refractivity contribution in [1.29, 1.82) is 0 Å². The van der Waals surface area contributed by atoms with E-state index in [-0.39, 0.29) is 0 Å². The first-order chi connectivity index (χ1) is 15.8. The van der Waals surface area contributed by atoms with Crippen LogP contribution < -0.4 is 5.09 Å². The average Bonchev–Trinajstić information content (AvgIpc) is 3.36. The van der Waals surface area contributed by atoms with Gasteiger partial charge in [0.2, 0.25) is 0 Å². The number of nitrogens with zero attached hydrogens (tertiary/aromatic N) is 1. The molecule has 0 saturated carbocycles. The van der Waals surface area contributed by atoms with Crippen molar-refractivity contribution in [3.63, 3.8) is 0 Å². The SMILES string of the molecule is CC[PH+](CC)NC(Cc1ccc(C)cc1)=Nc1c(C)cccc1C.[CH-]1CCCO1.[Cl][Cr+]([Cl])[Cl]. The standard InChI is InChI=1S/C21H29N2P.C4H7O.3ClH.Cr/c1-6-24(7-2)23-20(15-19-13-11-16(3)12-14-19)22-21-17(4)9-8-10-18(21)5;1-2-4-5-3-1;;;;/h8-14H,6-7,15H2,1-5H3,(H,22,23);3H,1-2,4H2;3*1H;/q;-1;;;;+4/p-2. The third-order valence-corrected chi connectivity index (χ3v) is 7.40. The molecule has 0 unspecified atom stereocenters. The van der Waals surface area contributed by atoms with Crippen LogP contribution in [-0.2, 0) is 22.5 Å². The molecule has 1 aliphatic heterocycles. The first-order valence-corrected chi connectivity index (χ1v) is 18.4. The summed E-state index contributed by atoms with van der Waals surface area (Å²) < 4.78 is 4.82. The molecule has 2 aromatic rings. The molecule has 1 aliphatic rings. The van der Waals surface area contributed by atoms with Gasteiger partial charge in [0.05, 0.1) is 26.1 Å². The molecule has 1 heterocycles. The number of ether oxygens (including phenoxy) is 1. The van der Waals surface area contributed by atoms with Gasteiger partial charge in [-0.3, -0.25) is 0 Å². The molecule has 184 valence electrons. The summed E-state index contributed by atoms with van der Waals surface area (Å²) in [7, 11) is 14.2. The number of hydrogen-bond donors (Lipinski definition) is 1. The van der Waals surface area contributed by atoms with Crippen LogP contribution in [-0.4, -0.2) is 24.8 Å². The minimum atomic E-state index is -1.62. The van der Waals surface area contributed by atoms with Crippen molar-refractivity contribution in [1.82, 2.24) is 5.09 Å². The molecule has 0 aromatic heterocycles. The van der Waals surface area contributed by atoms with Gasteiger partial charge in [-0.2, -0.15) is 6.42 Å². The maximum absolute atomic E-state index is 5.04. The zero-order valence-electron chi connectivity index (χ0n) is 20.3. The zero-order chi connectivity index (χ0) is 24.6. The second-order valence-corrected chi connectivity index (χ2v) is 16.9. The number of nitrogens with one attached hydrogen (secondary N) is 1. The normalized spacial score (nSPS) is 13.3. The van der Waals surface area contributed by atoms with Crippen molar-refractivity contribution < 1.29 is 16.1 Å². The van der Waals surface area contributed by atoms with Crippen LogP contribution in [0.4, 0.5) is 5.69 Å². The Hall–Kier alpha value is -0.298. The van der Waals surface area contributed by atoms with E-state index in [9.17, 15) is 0 Å². The molecule has 1 N–H and O–H groups in total. The molecule has 33 heavy (non-hydrogen) atoms. The summed E-state index contributed by atoms with van der Waals surface area (Å²) in [5.41, 5.74) is 6.19. The molecule has 1 saturated heterocycles. The molecule has 0 bridgehead atoms. The Morgan fingerprint density at radius 2 is 1.61 bits per heavy atom.